The molecular weight excluding hydrogens is 318 g/mol. The molecule has 2 unspecified atom stereocenters. The van der Waals surface area contributed by atoms with Gasteiger partial charge in [0.1, 0.15) is 0 Å². The van der Waals surface area contributed by atoms with E-state index in [0.717, 1.165) is 8.66 Å². The number of carbonyl (C=O) groups is 2. The Bertz CT molecular complexity index is 474. The fourth-order valence-electron chi connectivity index (χ4n) is 2.12. The Hall–Kier alpha value is -0.880. The predicted molar refractivity (Wildman–Crippen MR) is 72.8 cm³/mol. The van der Waals surface area contributed by atoms with Gasteiger partial charge in [-0.3, -0.25) is 9.59 Å². The van der Waals surface area contributed by atoms with Gasteiger partial charge in [-0.15, -0.1) is 11.3 Å². The minimum Gasteiger partial charge on any atom is -0.481 e. The molecule has 1 saturated heterocycles. The number of thiophene rings is 1. The van der Waals surface area contributed by atoms with E-state index in [1.807, 2.05) is 19.1 Å². The van der Waals surface area contributed by atoms with Gasteiger partial charge < -0.3 is 10.0 Å². The van der Waals surface area contributed by atoms with E-state index < -0.39 is 11.9 Å². The number of likely N-dealkylation sites (tertiary alicyclic amines) is 1. The van der Waals surface area contributed by atoms with Gasteiger partial charge in [-0.2, -0.15) is 0 Å². The molecule has 1 fully saturated rings. The predicted octanol–water partition coefficient (Wildman–Crippen LogP) is 2.55. The van der Waals surface area contributed by atoms with Crippen molar-refractivity contribution in [3.63, 3.8) is 0 Å². The summed E-state index contributed by atoms with van der Waals surface area (Å²) in [5.74, 6) is -1.39. The summed E-state index contributed by atoms with van der Waals surface area (Å²) in [6.45, 7) is 2.76. The highest BCUT2D eigenvalue weighted by Gasteiger charge is 2.33. The van der Waals surface area contributed by atoms with Crippen LogP contribution in [0, 0.1) is 5.92 Å². The SMILES string of the molecule is CC(C(=O)N1CCC(C(=O)O)C1)c1ccc(Br)s1. The molecule has 1 aromatic heterocycles. The number of hydrogen-bond donors (Lipinski definition) is 1. The van der Waals surface area contributed by atoms with Gasteiger partial charge in [0.25, 0.3) is 0 Å². The molecule has 1 aliphatic rings. The van der Waals surface area contributed by atoms with Crippen molar-refractivity contribution in [3.8, 4) is 0 Å². The minimum atomic E-state index is -0.808. The number of nitrogens with zero attached hydrogens (tertiary/aromatic N) is 1. The first kappa shape index (κ1) is 13.5. The monoisotopic (exact) mass is 331 g/mol. The van der Waals surface area contributed by atoms with E-state index in [0.29, 0.717) is 19.5 Å². The highest BCUT2D eigenvalue weighted by molar-refractivity contribution is 9.11. The number of carboxylic acids is 1. The van der Waals surface area contributed by atoms with E-state index in [2.05, 4.69) is 15.9 Å². The normalized spacial score (nSPS) is 21.0. The fourth-order valence-corrected chi connectivity index (χ4v) is 3.59. The first-order chi connectivity index (χ1) is 8.49. The molecule has 0 aliphatic carbocycles. The Morgan fingerprint density at radius 3 is 2.78 bits per heavy atom. The van der Waals surface area contributed by atoms with Crippen LogP contribution in [0.4, 0.5) is 0 Å². The van der Waals surface area contributed by atoms with Crippen molar-refractivity contribution >= 4 is 39.1 Å². The molecule has 1 amide bonds. The number of hydrogen-bond acceptors (Lipinski definition) is 3. The molecule has 4 nitrogen and oxygen atoms in total. The lowest BCUT2D eigenvalue weighted by molar-refractivity contribution is -0.141. The van der Waals surface area contributed by atoms with Gasteiger partial charge in [0.2, 0.25) is 5.91 Å². The van der Waals surface area contributed by atoms with Crippen molar-refractivity contribution in [3.05, 3.63) is 20.8 Å². The van der Waals surface area contributed by atoms with Crippen molar-refractivity contribution in [2.24, 2.45) is 5.92 Å². The lowest BCUT2D eigenvalue weighted by atomic mass is 10.1. The lowest BCUT2D eigenvalue weighted by Crippen LogP contribution is -2.32. The minimum absolute atomic E-state index is 0.0214. The second-order valence-electron chi connectivity index (χ2n) is 4.47. The molecule has 1 aliphatic heterocycles. The van der Waals surface area contributed by atoms with Crippen LogP contribution in [0.25, 0.3) is 0 Å². The average molecular weight is 332 g/mol. The van der Waals surface area contributed by atoms with Crippen LogP contribution >= 0.6 is 27.3 Å². The van der Waals surface area contributed by atoms with Gasteiger partial charge >= 0.3 is 5.97 Å². The number of amides is 1. The summed E-state index contributed by atoms with van der Waals surface area (Å²) in [6.07, 6.45) is 0.557. The first-order valence-electron chi connectivity index (χ1n) is 5.76. The second kappa shape index (κ2) is 5.40. The van der Waals surface area contributed by atoms with Crippen LogP contribution in [-0.4, -0.2) is 35.0 Å². The van der Waals surface area contributed by atoms with Crippen LogP contribution in [0.15, 0.2) is 15.9 Å². The maximum atomic E-state index is 12.2. The van der Waals surface area contributed by atoms with Crippen molar-refractivity contribution in [2.45, 2.75) is 19.3 Å². The van der Waals surface area contributed by atoms with E-state index in [4.69, 9.17) is 5.11 Å². The topological polar surface area (TPSA) is 57.6 Å². The molecule has 0 saturated carbocycles. The molecule has 1 aromatic rings. The van der Waals surface area contributed by atoms with Crippen LogP contribution in [-0.2, 0) is 9.59 Å². The Morgan fingerprint density at radius 2 is 2.28 bits per heavy atom. The summed E-state index contributed by atoms with van der Waals surface area (Å²) in [7, 11) is 0. The van der Waals surface area contributed by atoms with Gasteiger partial charge in [-0.1, -0.05) is 0 Å². The van der Waals surface area contributed by atoms with Crippen LogP contribution in [0.5, 0.6) is 0 Å². The highest BCUT2D eigenvalue weighted by Crippen LogP contribution is 2.30. The number of carboxylic acid groups (broad SMARTS) is 1. The van der Waals surface area contributed by atoms with E-state index in [-0.39, 0.29) is 11.8 Å². The fraction of sp³-hybridized carbons (Fsp3) is 0.500. The molecule has 2 rings (SSSR count). The van der Waals surface area contributed by atoms with Crippen LogP contribution in [0.3, 0.4) is 0 Å². The Kier molecular flexibility index (Phi) is 4.07. The lowest BCUT2D eigenvalue weighted by Gasteiger charge is -2.19. The summed E-state index contributed by atoms with van der Waals surface area (Å²) in [5, 5.41) is 8.93. The molecule has 0 spiro atoms. The van der Waals surface area contributed by atoms with Crippen molar-refractivity contribution < 1.29 is 14.7 Å². The summed E-state index contributed by atoms with van der Waals surface area (Å²) in [6, 6.07) is 3.86. The quantitative estimate of drug-likeness (QED) is 0.925. The molecule has 0 bridgehead atoms. The molecule has 2 atom stereocenters. The maximum absolute atomic E-state index is 12.2. The zero-order valence-electron chi connectivity index (χ0n) is 9.93. The van der Waals surface area contributed by atoms with Crippen LogP contribution in [0.1, 0.15) is 24.1 Å². The number of rotatable bonds is 3. The maximum Gasteiger partial charge on any atom is 0.308 e. The summed E-state index contributed by atoms with van der Waals surface area (Å²) < 4.78 is 1.00. The van der Waals surface area contributed by atoms with Crippen LogP contribution < -0.4 is 0 Å². The van der Waals surface area contributed by atoms with E-state index >= 15 is 0 Å². The van der Waals surface area contributed by atoms with Gasteiger partial charge in [-0.25, -0.2) is 0 Å². The second-order valence-corrected chi connectivity index (χ2v) is 6.97. The molecule has 2 heterocycles. The Labute approximate surface area is 118 Å². The van der Waals surface area contributed by atoms with Gasteiger partial charge in [0, 0.05) is 18.0 Å². The van der Waals surface area contributed by atoms with Crippen molar-refractivity contribution in [1.82, 2.24) is 4.90 Å². The summed E-state index contributed by atoms with van der Waals surface area (Å²) in [4.78, 5) is 25.8. The van der Waals surface area contributed by atoms with Gasteiger partial charge in [-0.05, 0) is 41.4 Å². The van der Waals surface area contributed by atoms with Gasteiger partial charge in [0.15, 0.2) is 0 Å². The molecular formula is C12H14BrNO3S. The standard InChI is InChI=1S/C12H14BrNO3S/c1-7(9-2-3-10(13)18-9)11(15)14-5-4-8(6-14)12(16)17/h2-3,7-8H,4-6H2,1H3,(H,16,17). The van der Waals surface area contributed by atoms with Crippen LogP contribution in [0.2, 0.25) is 0 Å². The van der Waals surface area contributed by atoms with E-state index in [1.165, 1.54) is 0 Å². The van der Waals surface area contributed by atoms with E-state index in [1.54, 1.807) is 16.2 Å². The first-order valence-corrected chi connectivity index (χ1v) is 7.37. The molecule has 6 heteroatoms. The van der Waals surface area contributed by atoms with Crippen molar-refractivity contribution in [1.29, 1.82) is 0 Å². The zero-order valence-corrected chi connectivity index (χ0v) is 12.3. The summed E-state index contributed by atoms with van der Waals surface area (Å²) in [5.41, 5.74) is 0. The molecule has 0 radical (unpaired) electrons. The Morgan fingerprint density at radius 1 is 1.56 bits per heavy atom. The molecule has 98 valence electrons. The average Bonchev–Trinajstić information content (AvgIpc) is 2.95. The summed E-state index contributed by atoms with van der Waals surface area (Å²) >= 11 is 4.92. The van der Waals surface area contributed by atoms with E-state index in [9.17, 15) is 9.59 Å². The molecule has 0 aromatic carbocycles. The highest BCUT2D eigenvalue weighted by atomic mass is 79.9. The van der Waals surface area contributed by atoms with Gasteiger partial charge in [0.05, 0.1) is 15.6 Å². The Balaban J connectivity index is 2.02. The van der Waals surface area contributed by atoms with Crippen molar-refractivity contribution in [2.75, 3.05) is 13.1 Å². The third-order valence-corrected chi connectivity index (χ3v) is 5.05. The molecule has 1 N–H and O–H groups in total. The smallest absolute Gasteiger partial charge is 0.308 e. The largest absolute Gasteiger partial charge is 0.481 e. The zero-order chi connectivity index (χ0) is 13.3. The molecule has 18 heavy (non-hydrogen) atoms. The number of aliphatic carboxylic acids is 1. The number of carbonyl (C=O) groups excluding carboxylic acids is 1. The third kappa shape index (κ3) is 2.75. The number of halogens is 1. The third-order valence-electron chi connectivity index (χ3n) is 3.24.